The molecule has 55 heavy (non-hydrogen) atoms. The van der Waals surface area contributed by atoms with Crippen LogP contribution in [0.1, 0.15) is 117 Å². The van der Waals surface area contributed by atoms with Gasteiger partial charge in [0.2, 0.25) is 0 Å². The fourth-order valence-corrected chi connectivity index (χ4v) is 7.82. The fourth-order valence-electron chi connectivity index (χ4n) is 6.30. The lowest BCUT2D eigenvalue weighted by Crippen LogP contribution is -2.45. The summed E-state index contributed by atoms with van der Waals surface area (Å²) in [5.41, 5.74) is 4.23. The second-order valence-corrected chi connectivity index (χ2v) is 15.6. The highest BCUT2D eigenvalue weighted by molar-refractivity contribution is 7.52. The average molecular weight is 787 g/mol. The highest BCUT2D eigenvalue weighted by Crippen LogP contribution is 2.48. The predicted octanol–water partition coefficient (Wildman–Crippen LogP) is 7.83. The molecule has 0 saturated carbocycles. The summed E-state index contributed by atoms with van der Waals surface area (Å²) in [4.78, 5) is 37.9. The van der Waals surface area contributed by atoms with Gasteiger partial charge in [0, 0.05) is 12.8 Å². The Kier molecular flexibility index (Phi) is 16.9. The van der Waals surface area contributed by atoms with Crippen LogP contribution in [0.2, 0.25) is 0 Å². The summed E-state index contributed by atoms with van der Waals surface area (Å²) in [6, 6.07) is 7.13. The summed E-state index contributed by atoms with van der Waals surface area (Å²) >= 11 is 0. The Morgan fingerprint density at radius 1 is 1.09 bits per heavy atom. The lowest BCUT2D eigenvalue weighted by atomic mass is 9.98. The maximum Gasteiger partial charge on any atom is 0.459 e. The number of imidazole rings is 1. The summed E-state index contributed by atoms with van der Waals surface area (Å²) in [7, 11) is -4.42. The van der Waals surface area contributed by atoms with Crippen molar-refractivity contribution in [3.8, 4) is 18.1 Å². The number of anilines is 1. The number of nitrogens with zero attached hydrogens (tertiary/aromatic N) is 4. The van der Waals surface area contributed by atoms with Crippen molar-refractivity contribution in [1.29, 1.82) is 0 Å². The summed E-state index contributed by atoms with van der Waals surface area (Å²) in [6.45, 7) is 7.28. The van der Waals surface area contributed by atoms with E-state index in [4.69, 9.17) is 35.4 Å². The largest absolute Gasteiger partial charge is 0.464 e. The molecule has 0 bridgehead atoms. The standard InChI is InChI=1S/C39H56FN6O8P/c1-6-10-11-12-13-14-15-16-20-23-33(47)52-31-24-32(46-27-42-34-35(41)43-38(40)44-36(34)46)53-39(31,9-4)26-51-55(49,54-30-21-18-17-19-22-30)45-28(5)37(48)50-25-29(7-2)8-3/h4,17-19,21-22,27-29,31-32H,6-8,10-16,20,23-26H2,1-3,5H3,(H,45,49)(H2,41,43,44)/t28-,31-,32+,39+,55-/m0/s1. The minimum Gasteiger partial charge on any atom is -0.464 e. The second-order valence-electron chi connectivity index (χ2n) is 13.9. The topological polar surface area (TPSA) is 179 Å². The number of hydrogen-bond donors (Lipinski definition) is 2. The first kappa shape index (κ1) is 43.6. The van der Waals surface area contributed by atoms with E-state index in [9.17, 15) is 18.5 Å². The van der Waals surface area contributed by atoms with Gasteiger partial charge in [-0.25, -0.2) is 9.55 Å². The smallest absolute Gasteiger partial charge is 0.459 e. The fraction of sp³-hybridized carbons (Fsp3) is 0.615. The van der Waals surface area contributed by atoms with Crippen LogP contribution in [0, 0.1) is 24.3 Å². The molecule has 0 radical (unpaired) electrons. The number of nitrogens with one attached hydrogen (secondary N) is 1. The highest BCUT2D eigenvalue weighted by Gasteiger charge is 2.53. The van der Waals surface area contributed by atoms with Gasteiger partial charge >= 0.3 is 25.8 Å². The van der Waals surface area contributed by atoms with E-state index in [0.717, 1.165) is 32.1 Å². The lowest BCUT2D eigenvalue weighted by Gasteiger charge is -2.31. The number of aromatic nitrogens is 4. The number of ether oxygens (including phenoxy) is 3. The van der Waals surface area contributed by atoms with E-state index >= 15 is 0 Å². The van der Waals surface area contributed by atoms with Crippen molar-refractivity contribution in [2.75, 3.05) is 18.9 Å². The molecule has 0 amide bonds. The maximum absolute atomic E-state index is 14.5. The molecule has 1 aliphatic heterocycles. The predicted molar refractivity (Wildman–Crippen MR) is 206 cm³/mol. The number of rotatable bonds is 24. The monoisotopic (exact) mass is 786 g/mol. The van der Waals surface area contributed by atoms with Gasteiger partial charge in [0.25, 0.3) is 0 Å². The normalized spacial score (nSPS) is 19.9. The van der Waals surface area contributed by atoms with E-state index in [2.05, 4.69) is 32.9 Å². The number of nitrogens with two attached hydrogens (primary N) is 1. The molecule has 3 N–H and O–H groups in total. The van der Waals surface area contributed by atoms with Crippen molar-refractivity contribution in [2.45, 2.75) is 135 Å². The minimum absolute atomic E-state index is 0.0237. The molecule has 1 aromatic carbocycles. The van der Waals surface area contributed by atoms with Gasteiger partial charge in [0.15, 0.2) is 22.6 Å². The Bertz CT molecular complexity index is 1770. The molecule has 14 nitrogen and oxygen atoms in total. The van der Waals surface area contributed by atoms with Crippen LogP contribution in [-0.4, -0.2) is 62.4 Å². The van der Waals surface area contributed by atoms with Gasteiger partial charge in [-0.15, -0.1) is 6.42 Å². The Balaban J connectivity index is 1.54. The number of nitrogen functional groups attached to an aromatic ring is 1. The third-order valence-corrected chi connectivity index (χ3v) is 11.4. The van der Waals surface area contributed by atoms with Crippen LogP contribution in [0.3, 0.4) is 0 Å². The first-order chi connectivity index (χ1) is 26.5. The van der Waals surface area contributed by atoms with Gasteiger partial charge < -0.3 is 24.5 Å². The van der Waals surface area contributed by atoms with Crippen LogP contribution in [0.4, 0.5) is 10.2 Å². The number of carbonyl (C=O) groups is 2. The van der Waals surface area contributed by atoms with Gasteiger partial charge in [-0.3, -0.25) is 18.7 Å². The molecular formula is C39H56FN6O8P. The van der Waals surface area contributed by atoms with Gasteiger partial charge in [0.1, 0.15) is 30.7 Å². The van der Waals surface area contributed by atoms with Gasteiger partial charge in [0.05, 0.1) is 12.9 Å². The quantitative estimate of drug-likeness (QED) is 0.0295. The van der Waals surface area contributed by atoms with Crippen molar-refractivity contribution >= 4 is 36.7 Å². The number of terminal acetylenes is 1. The van der Waals surface area contributed by atoms with E-state index in [1.807, 2.05) is 13.8 Å². The van der Waals surface area contributed by atoms with Crippen LogP contribution in [0.15, 0.2) is 36.7 Å². The number of halogens is 1. The molecule has 1 saturated heterocycles. The summed E-state index contributed by atoms with van der Waals surface area (Å²) in [6.07, 6.45) is 15.8. The van der Waals surface area contributed by atoms with E-state index in [1.165, 1.54) is 49.9 Å². The summed E-state index contributed by atoms with van der Waals surface area (Å²) in [5, 5.41) is 2.67. The van der Waals surface area contributed by atoms with Crippen LogP contribution in [0.25, 0.3) is 11.2 Å². The first-order valence-electron chi connectivity index (χ1n) is 19.4. The maximum atomic E-state index is 14.5. The first-order valence-corrected chi connectivity index (χ1v) is 20.9. The third-order valence-electron chi connectivity index (χ3n) is 9.76. The lowest BCUT2D eigenvalue weighted by molar-refractivity contribution is -0.158. The summed E-state index contributed by atoms with van der Waals surface area (Å²) < 4.78 is 59.9. The number of para-hydroxylation sites is 1. The van der Waals surface area contributed by atoms with E-state index in [1.54, 1.807) is 30.3 Å². The number of unbranched alkanes of at least 4 members (excludes halogenated alkanes) is 8. The Labute approximate surface area is 323 Å². The third kappa shape index (κ3) is 12.5. The van der Waals surface area contributed by atoms with E-state index < -0.39 is 56.3 Å². The van der Waals surface area contributed by atoms with E-state index in [0.29, 0.717) is 6.42 Å². The molecule has 0 aliphatic carbocycles. The number of esters is 2. The van der Waals surface area contributed by atoms with Crippen molar-refractivity contribution < 1.29 is 41.8 Å². The van der Waals surface area contributed by atoms with Crippen molar-refractivity contribution in [3.63, 3.8) is 0 Å². The Morgan fingerprint density at radius 2 is 1.76 bits per heavy atom. The highest BCUT2D eigenvalue weighted by atomic mass is 31.2. The molecule has 302 valence electrons. The Hall–Kier alpha value is -4.09. The zero-order valence-corrected chi connectivity index (χ0v) is 33.3. The molecule has 16 heteroatoms. The zero-order valence-electron chi connectivity index (χ0n) is 32.4. The number of carbonyl (C=O) groups excluding carboxylic acids is 2. The van der Waals surface area contributed by atoms with Gasteiger partial charge in [-0.2, -0.15) is 19.4 Å². The van der Waals surface area contributed by atoms with Crippen molar-refractivity contribution in [2.24, 2.45) is 5.92 Å². The minimum atomic E-state index is -4.42. The van der Waals surface area contributed by atoms with E-state index in [-0.39, 0.29) is 48.1 Å². The molecule has 4 rings (SSSR count). The molecule has 2 aromatic heterocycles. The van der Waals surface area contributed by atoms with Crippen LogP contribution in [-0.2, 0) is 32.9 Å². The van der Waals surface area contributed by atoms with Gasteiger partial charge in [-0.1, -0.05) is 109 Å². The molecule has 3 heterocycles. The van der Waals surface area contributed by atoms with Crippen molar-refractivity contribution in [1.82, 2.24) is 24.6 Å². The molecule has 5 atom stereocenters. The van der Waals surface area contributed by atoms with Crippen LogP contribution >= 0.6 is 7.75 Å². The molecule has 0 spiro atoms. The van der Waals surface area contributed by atoms with Crippen LogP contribution in [0.5, 0.6) is 5.75 Å². The molecule has 1 fully saturated rings. The molecular weight excluding hydrogens is 730 g/mol. The zero-order chi connectivity index (χ0) is 39.8. The summed E-state index contributed by atoms with van der Waals surface area (Å²) in [5.74, 6) is 1.61. The number of hydrogen-bond acceptors (Lipinski definition) is 12. The van der Waals surface area contributed by atoms with Crippen molar-refractivity contribution in [3.05, 3.63) is 42.7 Å². The van der Waals surface area contributed by atoms with Crippen LogP contribution < -0.4 is 15.3 Å². The molecule has 0 unspecified atom stereocenters. The number of benzene rings is 1. The Morgan fingerprint density at radius 3 is 2.42 bits per heavy atom. The number of fused-ring (bicyclic) bond motifs is 1. The molecule has 1 aliphatic rings. The average Bonchev–Trinajstić information content (AvgIpc) is 3.75. The second kappa shape index (κ2) is 21.3. The van der Waals surface area contributed by atoms with Gasteiger partial charge in [-0.05, 0) is 31.4 Å². The SMILES string of the molecule is C#C[C@]1(CO[P@@](=O)(N[C@@H](C)C(=O)OCC(CC)CC)Oc2ccccc2)O[C@@H](n2cnc3c(N)nc(F)nc32)C[C@@H]1OC(=O)CCCCCCCCCCC. The molecule has 3 aromatic rings.